The number of nitrogens with zero attached hydrogens (tertiary/aromatic N) is 1. The van der Waals surface area contributed by atoms with Gasteiger partial charge in [0.2, 0.25) is 0 Å². The van der Waals surface area contributed by atoms with Crippen molar-refractivity contribution in [2.75, 3.05) is 27.7 Å². The maximum absolute atomic E-state index is 12.5. The van der Waals surface area contributed by atoms with Crippen molar-refractivity contribution in [1.29, 1.82) is 0 Å². The van der Waals surface area contributed by atoms with Crippen molar-refractivity contribution in [3.8, 4) is 0 Å². The van der Waals surface area contributed by atoms with Crippen molar-refractivity contribution >= 4 is 7.60 Å². The predicted octanol–water partition coefficient (Wildman–Crippen LogP) is 7.28. The number of hydrogen-bond donors (Lipinski definition) is 1. The molecule has 0 bridgehead atoms. The Hall–Kier alpha value is -0.150. The maximum atomic E-state index is 12.5. The number of hydrogen-bond acceptors (Lipinski definition) is 2. The molecule has 0 heterocycles. The lowest BCUT2D eigenvalue weighted by Gasteiger charge is -2.35. The van der Waals surface area contributed by atoms with Crippen molar-refractivity contribution < 1.29 is 18.5 Å². The van der Waals surface area contributed by atoms with Crippen LogP contribution in [0.4, 0.5) is 0 Å². The zero-order valence-corrected chi connectivity index (χ0v) is 20.4. The number of unbranched alkanes of at least 4 members (excludes halogenated alkanes) is 11. The van der Waals surface area contributed by atoms with Crippen LogP contribution in [0.15, 0.2) is 12.2 Å². The second-order valence-electron chi connectivity index (χ2n) is 8.99. The van der Waals surface area contributed by atoms with Gasteiger partial charge in [0.15, 0.2) is 5.78 Å². The van der Waals surface area contributed by atoms with E-state index >= 15 is 0 Å². The molecule has 0 spiro atoms. The Bertz CT molecular complexity index is 432. The second kappa shape index (κ2) is 16.6. The highest BCUT2D eigenvalue weighted by molar-refractivity contribution is 7.53. The minimum atomic E-state index is -3.55. The zero-order chi connectivity index (χ0) is 21.3. The molecule has 0 aliphatic rings. The molecular weight excluding hydrogens is 369 g/mol. The van der Waals surface area contributed by atoms with Gasteiger partial charge in [0.1, 0.15) is 0 Å². The van der Waals surface area contributed by atoms with Crippen molar-refractivity contribution in [2.45, 2.75) is 110 Å². The third-order valence-electron chi connectivity index (χ3n) is 5.32. The molecule has 0 saturated heterocycles. The highest BCUT2D eigenvalue weighted by Gasteiger charge is 2.41. The summed E-state index contributed by atoms with van der Waals surface area (Å²) < 4.78 is 18.3. The Morgan fingerprint density at radius 1 is 0.821 bits per heavy atom. The van der Waals surface area contributed by atoms with Gasteiger partial charge in [-0.3, -0.25) is 4.57 Å². The maximum Gasteiger partial charge on any atom is 0.385 e. The molecule has 0 aliphatic carbocycles. The smallest absolute Gasteiger partial charge is 0.320 e. The molecule has 0 saturated carbocycles. The summed E-state index contributed by atoms with van der Waals surface area (Å²) in [7, 11) is 2.30. The minimum absolute atomic E-state index is 0.349. The predicted molar refractivity (Wildman–Crippen MR) is 123 cm³/mol. The van der Waals surface area contributed by atoms with Gasteiger partial charge >= 0.3 is 7.60 Å². The van der Waals surface area contributed by atoms with Crippen LogP contribution >= 0.6 is 7.60 Å². The molecule has 0 radical (unpaired) electrons. The first-order chi connectivity index (χ1) is 13.3. The third kappa shape index (κ3) is 14.8. The first-order valence-corrected chi connectivity index (χ1v) is 13.3. The van der Waals surface area contributed by atoms with Crippen molar-refractivity contribution in [1.82, 2.24) is 0 Å². The van der Waals surface area contributed by atoms with Gasteiger partial charge in [-0.25, -0.2) is 0 Å². The molecule has 2 unspecified atom stereocenters. The van der Waals surface area contributed by atoms with E-state index in [1.165, 1.54) is 70.6 Å². The van der Waals surface area contributed by atoms with Crippen molar-refractivity contribution in [3.05, 3.63) is 12.2 Å². The van der Waals surface area contributed by atoms with Gasteiger partial charge in [-0.15, -0.1) is 0 Å². The van der Waals surface area contributed by atoms with E-state index in [0.717, 1.165) is 12.8 Å². The normalized spacial score (nSPS) is 15.8. The Morgan fingerprint density at radius 3 is 1.75 bits per heavy atom. The van der Waals surface area contributed by atoms with Gasteiger partial charge in [0.05, 0.1) is 27.7 Å². The molecular formula is C23H49NO3P+. The molecule has 0 aliphatic heterocycles. The largest absolute Gasteiger partial charge is 0.385 e. The topological polar surface area (TPSA) is 46.5 Å². The Balaban J connectivity index is 3.55. The lowest BCUT2D eigenvalue weighted by molar-refractivity contribution is -0.883. The molecule has 0 aromatic carbocycles. The van der Waals surface area contributed by atoms with Gasteiger partial charge in [0.25, 0.3) is 0 Å². The van der Waals surface area contributed by atoms with Crippen LogP contribution in [0, 0.1) is 0 Å². The van der Waals surface area contributed by atoms with Gasteiger partial charge < -0.3 is 13.9 Å². The number of quaternary nitrogens is 1. The molecule has 5 heteroatoms. The fraction of sp³-hybridized carbons (Fsp3) is 0.913. The highest BCUT2D eigenvalue weighted by atomic mass is 31.2. The number of allylic oxidation sites excluding steroid dienone is 2. The standard InChI is InChI=1S/C23H48NO3P/c1-6-8-9-10-11-12-13-14-15-16-17-18-19-20-21-22-27-28(25,26)23(7-2)24(3,4)5/h12-13,23H,6-11,14-22H2,1-5H3/p+1. The average Bonchev–Trinajstić information content (AvgIpc) is 2.60. The molecule has 0 fully saturated rings. The van der Waals surface area contributed by atoms with E-state index < -0.39 is 7.60 Å². The molecule has 0 aromatic heterocycles. The lowest BCUT2D eigenvalue weighted by atomic mass is 10.1. The van der Waals surface area contributed by atoms with Gasteiger partial charge in [-0.1, -0.05) is 77.4 Å². The first kappa shape index (κ1) is 27.8. The monoisotopic (exact) mass is 418 g/mol. The highest BCUT2D eigenvalue weighted by Crippen LogP contribution is 2.51. The summed E-state index contributed by atoms with van der Waals surface area (Å²) in [5, 5.41) is 0. The summed E-state index contributed by atoms with van der Waals surface area (Å²) in [6.45, 7) is 4.60. The van der Waals surface area contributed by atoms with Crippen LogP contribution in [0.25, 0.3) is 0 Å². The summed E-state index contributed by atoms with van der Waals surface area (Å²) >= 11 is 0. The average molecular weight is 419 g/mol. The Kier molecular flexibility index (Phi) is 16.5. The Labute approximate surface area is 175 Å². The summed E-state index contributed by atoms with van der Waals surface area (Å²) in [6.07, 6.45) is 21.5. The van der Waals surface area contributed by atoms with E-state index in [1.54, 1.807) is 0 Å². The van der Waals surface area contributed by atoms with E-state index in [1.807, 2.05) is 28.1 Å². The van der Waals surface area contributed by atoms with Crippen LogP contribution < -0.4 is 0 Å². The summed E-state index contributed by atoms with van der Waals surface area (Å²) in [5.74, 6) is -0.349. The molecule has 2 atom stereocenters. The Morgan fingerprint density at radius 2 is 1.29 bits per heavy atom. The van der Waals surface area contributed by atoms with E-state index in [-0.39, 0.29) is 5.78 Å². The van der Waals surface area contributed by atoms with Gasteiger partial charge in [-0.05, 0) is 32.1 Å². The summed E-state index contributed by atoms with van der Waals surface area (Å²) in [6, 6.07) is 0. The van der Waals surface area contributed by atoms with E-state index in [9.17, 15) is 9.46 Å². The second-order valence-corrected chi connectivity index (χ2v) is 11.0. The van der Waals surface area contributed by atoms with Crippen molar-refractivity contribution in [2.24, 2.45) is 0 Å². The van der Waals surface area contributed by atoms with Crippen LogP contribution in [0.5, 0.6) is 0 Å². The first-order valence-electron chi connectivity index (χ1n) is 11.7. The van der Waals surface area contributed by atoms with Gasteiger partial charge in [-0.2, -0.15) is 0 Å². The number of rotatable bonds is 19. The van der Waals surface area contributed by atoms with E-state index in [2.05, 4.69) is 19.1 Å². The molecule has 0 aromatic rings. The third-order valence-corrected chi connectivity index (χ3v) is 7.68. The van der Waals surface area contributed by atoms with E-state index in [4.69, 9.17) is 4.52 Å². The molecule has 1 N–H and O–H groups in total. The summed E-state index contributed by atoms with van der Waals surface area (Å²) in [5.41, 5.74) is 0. The van der Waals surface area contributed by atoms with Crippen LogP contribution in [0.1, 0.15) is 104 Å². The molecule has 4 nitrogen and oxygen atoms in total. The van der Waals surface area contributed by atoms with Crippen LogP contribution in [0.2, 0.25) is 0 Å². The van der Waals surface area contributed by atoms with Crippen LogP contribution in [-0.4, -0.2) is 42.9 Å². The summed E-state index contributed by atoms with van der Waals surface area (Å²) in [4.78, 5) is 10.2. The molecule has 0 amide bonds. The minimum Gasteiger partial charge on any atom is -0.320 e. The molecule has 0 rings (SSSR count). The van der Waals surface area contributed by atoms with Crippen LogP contribution in [0.3, 0.4) is 0 Å². The fourth-order valence-corrected chi connectivity index (χ4v) is 5.57. The van der Waals surface area contributed by atoms with Gasteiger partial charge in [0, 0.05) is 6.42 Å². The van der Waals surface area contributed by atoms with Crippen molar-refractivity contribution in [3.63, 3.8) is 0 Å². The molecule has 168 valence electrons. The molecule has 28 heavy (non-hydrogen) atoms. The fourth-order valence-electron chi connectivity index (χ4n) is 3.67. The van der Waals surface area contributed by atoms with Crippen LogP contribution in [-0.2, 0) is 9.09 Å². The zero-order valence-electron chi connectivity index (χ0n) is 19.5. The van der Waals surface area contributed by atoms with E-state index in [0.29, 0.717) is 17.5 Å². The quantitative estimate of drug-likeness (QED) is 0.104. The lowest BCUT2D eigenvalue weighted by Crippen LogP contribution is -2.44. The SMILES string of the molecule is CCCCCCC=CCCCCCCCCCOP(=O)(O)C(CC)[N+](C)(C)C.